The minimum absolute atomic E-state index is 0.0735. The topological polar surface area (TPSA) is 244 Å². The van der Waals surface area contributed by atoms with E-state index in [4.69, 9.17) is 69.0 Å². The van der Waals surface area contributed by atoms with Gasteiger partial charge in [-0.2, -0.15) is 0 Å². The third kappa shape index (κ3) is 17.4. The van der Waals surface area contributed by atoms with Crippen LogP contribution in [-0.2, 0) is 59.8 Å². The molecule has 0 saturated carbocycles. The second-order valence-corrected chi connectivity index (χ2v) is 33.9. The van der Waals surface area contributed by atoms with Gasteiger partial charge in [0.2, 0.25) is 0 Å². The highest BCUT2D eigenvalue weighted by molar-refractivity contribution is 7.22. The lowest BCUT2D eigenvalue weighted by molar-refractivity contribution is -0.186. The first-order valence-electron chi connectivity index (χ1n) is 32.5. The van der Waals surface area contributed by atoms with Crippen molar-refractivity contribution in [2.45, 2.75) is 141 Å². The quantitative estimate of drug-likeness (QED) is 0.0551. The molecule has 3 aromatic carbocycles. The van der Waals surface area contributed by atoms with Gasteiger partial charge in [-0.25, -0.2) is 30.9 Å². The highest BCUT2D eigenvalue weighted by atomic mass is 35.5. The van der Waals surface area contributed by atoms with Crippen molar-refractivity contribution in [1.82, 2.24) is 31.6 Å². The molecular formula is C71H77Cl3N6O13S6. The van der Waals surface area contributed by atoms with Gasteiger partial charge in [-0.3, -0.25) is 29.2 Å². The third-order valence-electron chi connectivity index (χ3n) is 17.3. The van der Waals surface area contributed by atoms with Crippen LogP contribution in [0.2, 0.25) is 15.1 Å². The predicted molar refractivity (Wildman–Crippen MR) is 394 cm³/mol. The van der Waals surface area contributed by atoms with Crippen molar-refractivity contribution in [2.75, 3.05) is 46.1 Å². The number of carboxylic acids is 1. The number of amides is 5. The molecule has 15 rings (SSSR count). The number of aromatic carboxylic acids is 1. The lowest BCUT2D eigenvalue weighted by atomic mass is 9.85. The van der Waals surface area contributed by atoms with Crippen molar-refractivity contribution in [3.8, 4) is 0 Å². The van der Waals surface area contributed by atoms with E-state index in [1.807, 2.05) is 89.8 Å². The number of hydrogen-bond donors (Lipinski definition) is 6. The number of hydroxylamine groups is 3. The lowest BCUT2D eigenvalue weighted by Crippen LogP contribution is -2.44. The highest BCUT2D eigenvalue weighted by Crippen LogP contribution is 2.45. The van der Waals surface area contributed by atoms with Crippen LogP contribution in [0.1, 0.15) is 182 Å². The van der Waals surface area contributed by atoms with E-state index in [9.17, 15) is 28.8 Å². The van der Waals surface area contributed by atoms with Gasteiger partial charge in [0.15, 0.2) is 12.6 Å². The van der Waals surface area contributed by atoms with Gasteiger partial charge in [0.1, 0.15) is 14.6 Å². The summed E-state index contributed by atoms with van der Waals surface area (Å²) in [6.45, 7) is 19.8. The molecule has 3 fully saturated rings. The van der Waals surface area contributed by atoms with E-state index in [1.54, 1.807) is 27.8 Å². The molecule has 99 heavy (non-hydrogen) atoms. The Morgan fingerprint density at radius 3 is 1.27 bits per heavy atom. The van der Waals surface area contributed by atoms with Crippen LogP contribution in [0.3, 0.4) is 0 Å². The van der Waals surface area contributed by atoms with E-state index in [2.05, 4.69) is 57.8 Å². The van der Waals surface area contributed by atoms with Gasteiger partial charge in [0.25, 0.3) is 29.5 Å². The van der Waals surface area contributed by atoms with Crippen molar-refractivity contribution in [3.63, 3.8) is 0 Å². The Hall–Kier alpha value is -5.95. The van der Waals surface area contributed by atoms with E-state index >= 15 is 0 Å². The fourth-order valence-corrected chi connectivity index (χ4v) is 20.2. The predicted octanol–water partition coefficient (Wildman–Crippen LogP) is 16.8. The minimum atomic E-state index is -0.966. The Bertz CT molecular complexity index is 4410. The number of ether oxygens (including phenoxy) is 3. The average molecular weight is 1520 g/mol. The SMILES string of the molecule is C1CCOC1.CC1(C)CN(C(=O)c2sc3ccccc3c2Cl)Cc2cc(C(=O)NO)sc21.CC1(C)CN(C(=O)c2sc3ccccc3c2Cl)Cc2cc(C(=O)NOC3CCCCO3)sc21.CC1(C)CNCc2cc(C(=O)NOC3CCCCO3)sc21.O=C(O)c1sc2ccccc2c1Cl. The summed E-state index contributed by atoms with van der Waals surface area (Å²) in [5, 5.41) is 25.0. The number of carbonyl (C=O) groups is 6. The van der Waals surface area contributed by atoms with Gasteiger partial charge in [0.05, 0.1) is 29.7 Å². The van der Waals surface area contributed by atoms with Gasteiger partial charge in [0, 0.05) is 140 Å². The number of nitrogens with one attached hydrogen (secondary N) is 4. The number of halogens is 3. The van der Waals surface area contributed by atoms with Crippen molar-refractivity contribution >= 4 is 169 Å². The maximum atomic E-state index is 13.4. The molecule has 3 saturated heterocycles. The molecular weight excluding hydrogens is 1440 g/mol. The normalized spacial score (nSPS) is 18.7. The van der Waals surface area contributed by atoms with Crippen LogP contribution in [0.15, 0.2) is 91.0 Å². The largest absolute Gasteiger partial charge is 0.477 e. The number of carbonyl (C=O) groups excluding carboxylic acids is 5. The number of hydrogen-bond acceptors (Lipinski definition) is 19. The zero-order chi connectivity index (χ0) is 70.3. The molecule has 526 valence electrons. The van der Waals surface area contributed by atoms with Gasteiger partial charge < -0.3 is 34.4 Å². The van der Waals surface area contributed by atoms with Gasteiger partial charge in [-0.05, 0) is 91.6 Å². The van der Waals surface area contributed by atoms with Gasteiger partial charge in [-0.1, -0.05) is 131 Å². The standard InChI is InChI=1S/C24H25ClN2O4S2.C19H17ClN2O3S2.C15H22N2O3S.C9H5ClO2S.C4H8O/c1-24(2)13-27(23(29)20-19(25)15-7-3-4-8-16(15)32-20)12-14-11-17(33-21(14)24)22(28)26-31-18-9-5-6-10-30-18;1-19(2)9-22(8-10-7-13(17(23)21-25)27-16(10)19)18(24)15-14(20)11-5-3-4-6-12(11)26-15;1-15(2)9-16-8-10-7-11(21-13(10)15)14(18)17-20-12-5-3-4-6-19-12;10-7-5-3-1-2-4-6(5)13-8(7)9(11)12;1-2-4-5-3-1/h3-4,7-8,11,18H,5-6,9-10,12-13H2,1-2H3,(H,26,28);3-7,25H,8-9H2,1-2H3,(H,21,23);7,12,16H,3-6,8-9H2,1-2H3,(H,17,18);1-4H,(H,11,12);1-4H2. The van der Waals surface area contributed by atoms with Crippen LogP contribution in [0, 0.1) is 0 Å². The first-order valence-corrected chi connectivity index (χ1v) is 38.5. The number of rotatable bonds is 10. The molecule has 0 radical (unpaired) electrons. The molecule has 2 unspecified atom stereocenters. The molecule has 5 amide bonds. The van der Waals surface area contributed by atoms with Crippen LogP contribution in [0.25, 0.3) is 30.3 Å². The summed E-state index contributed by atoms with van der Waals surface area (Å²) in [6, 6.07) is 28.5. The Kier molecular flexibility index (Phi) is 24.4. The Labute approximate surface area is 612 Å². The fourth-order valence-electron chi connectivity index (χ4n) is 12.5. The molecule has 0 bridgehead atoms. The van der Waals surface area contributed by atoms with E-state index in [0.29, 0.717) is 78.8 Å². The zero-order valence-electron chi connectivity index (χ0n) is 55.4. The van der Waals surface area contributed by atoms with Crippen molar-refractivity contribution < 1.29 is 63.0 Å². The number of thiophene rings is 6. The van der Waals surface area contributed by atoms with E-state index < -0.39 is 18.2 Å². The average Bonchev–Trinajstić information content (AvgIpc) is 1.65. The number of nitrogens with zero attached hydrogens (tertiary/aromatic N) is 2. The number of carboxylic acid groups (broad SMARTS) is 1. The van der Waals surface area contributed by atoms with Crippen molar-refractivity contribution in [1.29, 1.82) is 0 Å². The molecule has 6 aliphatic rings. The highest BCUT2D eigenvalue weighted by Gasteiger charge is 2.40. The summed E-state index contributed by atoms with van der Waals surface area (Å²) >= 11 is 27.4. The van der Waals surface area contributed by atoms with E-state index in [0.717, 1.165) is 116 Å². The summed E-state index contributed by atoms with van der Waals surface area (Å²) in [5.74, 6) is -2.14. The summed E-state index contributed by atoms with van der Waals surface area (Å²) in [6.07, 6.45) is 7.63. The van der Waals surface area contributed by atoms with Crippen LogP contribution in [0.4, 0.5) is 0 Å². The second kappa shape index (κ2) is 32.6. The van der Waals surface area contributed by atoms with Gasteiger partial charge >= 0.3 is 5.97 Å². The number of benzene rings is 3. The molecule has 0 aliphatic carbocycles. The number of fused-ring (bicyclic) bond motifs is 6. The Balaban J connectivity index is 0.000000135. The molecule has 2 atom stereocenters. The van der Waals surface area contributed by atoms with Crippen molar-refractivity contribution in [2.24, 2.45) is 0 Å². The van der Waals surface area contributed by atoms with Gasteiger partial charge in [-0.15, -0.1) is 68.0 Å². The molecule has 19 nitrogen and oxygen atoms in total. The van der Waals surface area contributed by atoms with Crippen LogP contribution >= 0.6 is 103 Å². The summed E-state index contributed by atoms with van der Waals surface area (Å²) in [5.41, 5.74) is 9.36. The first-order chi connectivity index (χ1) is 47.4. The van der Waals surface area contributed by atoms with Crippen molar-refractivity contribution in [3.05, 3.63) is 167 Å². The molecule has 0 spiro atoms. The van der Waals surface area contributed by atoms with Crippen LogP contribution < -0.4 is 21.8 Å². The molecule has 6 N–H and O–H groups in total. The molecule has 6 aliphatic heterocycles. The third-order valence-corrected chi connectivity index (χ3v) is 26.9. The zero-order valence-corrected chi connectivity index (χ0v) is 62.6. The monoisotopic (exact) mass is 1520 g/mol. The van der Waals surface area contributed by atoms with E-state index in [1.165, 1.54) is 80.0 Å². The first kappa shape index (κ1) is 74.2. The molecule has 12 heterocycles. The maximum Gasteiger partial charge on any atom is 0.347 e. The second-order valence-electron chi connectivity index (χ2n) is 26.5. The fraction of sp³-hybridized carbons (Fsp3) is 0.408. The van der Waals surface area contributed by atoms with Crippen LogP contribution in [-0.4, -0.2) is 114 Å². The lowest BCUT2D eigenvalue weighted by Gasteiger charge is -2.37. The Morgan fingerprint density at radius 1 is 0.515 bits per heavy atom. The molecule has 28 heteroatoms. The van der Waals surface area contributed by atoms with Crippen LogP contribution in [0.5, 0.6) is 0 Å². The maximum absolute atomic E-state index is 13.4. The Morgan fingerprint density at radius 2 is 0.899 bits per heavy atom. The molecule has 9 aromatic rings. The van der Waals surface area contributed by atoms with E-state index in [-0.39, 0.29) is 51.0 Å². The summed E-state index contributed by atoms with van der Waals surface area (Å²) in [7, 11) is 0. The smallest absolute Gasteiger partial charge is 0.347 e. The minimum Gasteiger partial charge on any atom is -0.477 e. The molecule has 6 aromatic heterocycles. The summed E-state index contributed by atoms with van der Waals surface area (Å²) in [4.78, 5) is 95.0. The summed E-state index contributed by atoms with van der Waals surface area (Å²) < 4.78 is 18.8.